The number of likely N-dealkylation sites (tertiary alicyclic amines) is 1. The van der Waals surface area contributed by atoms with Crippen molar-refractivity contribution in [2.45, 2.75) is 71.4 Å². The highest BCUT2D eigenvalue weighted by atomic mass is 16.3. The number of aliphatic hydroxyl groups is 1. The summed E-state index contributed by atoms with van der Waals surface area (Å²) in [6.45, 7) is 11.5. The number of nitrogens with zero attached hydrogens (tertiary/aromatic N) is 1. The molecule has 1 aliphatic heterocycles. The van der Waals surface area contributed by atoms with E-state index < -0.39 is 0 Å². The Morgan fingerprint density at radius 3 is 2.30 bits per heavy atom. The minimum atomic E-state index is -0.0534. The molecule has 2 aliphatic rings. The largest absolute Gasteiger partial charge is 0.393 e. The Hall–Kier alpha value is -0.120. The number of nitrogens with one attached hydrogen (secondary N) is 1. The van der Waals surface area contributed by atoms with Gasteiger partial charge in [0, 0.05) is 32.2 Å². The SMILES string of the molecule is CC1CCC(CNC(C)C)(CN2CCC(O)CC2)CC1. The molecule has 3 heteroatoms. The normalized spacial score (nSPS) is 33.8. The fourth-order valence-corrected chi connectivity index (χ4v) is 3.74. The second kappa shape index (κ2) is 7.24. The van der Waals surface area contributed by atoms with Crippen molar-refractivity contribution < 1.29 is 5.11 Å². The molecule has 1 heterocycles. The minimum Gasteiger partial charge on any atom is -0.393 e. The molecule has 0 amide bonds. The van der Waals surface area contributed by atoms with Gasteiger partial charge in [-0.05, 0) is 37.0 Å². The van der Waals surface area contributed by atoms with Crippen LogP contribution >= 0.6 is 0 Å². The standard InChI is InChI=1S/C17H34N2O/c1-14(2)18-12-17(8-4-15(3)5-9-17)13-19-10-6-16(20)7-11-19/h14-16,18,20H,4-13H2,1-3H3. The van der Waals surface area contributed by atoms with E-state index in [1.807, 2.05) is 0 Å². The van der Waals surface area contributed by atoms with Crippen LogP contribution in [-0.2, 0) is 0 Å². The monoisotopic (exact) mass is 282 g/mol. The number of hydrogen-bond donors (Lipinski definition) is 2. The third-order valence-electron chi connectivity index (χ3n) is 5.34. The number of piperidine rings is 1. The first-order valence-corrected chi connectivity index (χ1v) is 8.63. The van der Waals surface area contributed by atoms with E-state index >= 15 is 0 Å². The second-order valence-corrected chi connectivity index (χ2v) is 7.73. The van der Waals surface area contributed by atoms with E-state index in [4.69, 9.17) is 0 Å². The van der Waals surface area contributed by atoms with Gasteiger partial charge in [-0.1, -0.05) is 33.6 Å². The zero-order chi connectivity index (χ0) is 14.6. The van der Waals surface area contributed by atoms with Crippen molar-refractivity contribution in [3.63, 3.8) is 0 Å². The first kappa shape index (κ1) is 16.3. The van der Waals surface area contributed by atoms with E-state index in [0.29, 0.717) is 11.5 Å². The molecule has 0 atom stereocenters. The molecule has 1 saturated heterocycles. The molecule has 118 valence electrons. The lowest BCUT2D eigenvalue weighted by Gasteiger charge is -2.44. The van der Waals surface area contributed by atoms with Gasteiger partial charge in [0.25, 0.3) is 0 Å². The molecule has 1 aliphatic carbocycles. The minimum absolute atomic E-state index is 0.0534. The lowest BCUT2D eigenvalue weighted by atomic mass is 9.70. The highest BCUT2D eigenvalue weighted by Gasteiger charge is 2.36. The van der Waals surface area contributed by atoms with Crippen LogP contribution in [0.5, 0.6) is 0 Å². The van der Waals surface area contributed by atoms with Crippen LogP contribution in [-0.4, -0.2) is 48.3 Å². The van der Waals surface area contributed by atoms with E-state index in [-0.39, 0.29) is 6.10 Å². The maximum atomic E-state index is 9.67. The van der Waals surface area contributed by atoms with Crippen LogP contribution in [0.3, 0.4) is 0 Å². The van der Waals surface area contributed by atoms with Crippen LogP contribution < -0.4 is 5.32 Å². The molecular weight excluding hydrogens is 248 g/mol. The van der Waals surface area contributed by atoms with Crippen LogP contribution in [0.4, 0.5) is 0 Å². The molecule has 1 saturated carbocycles. The summed E-state index contributed by atoms with van der Waals surface area (Å²) in [5.74, 6) is 0.908. The fourth-order valence-electron chi connectivity index (χ4n) is 3.74. The second-order valence-electron chi connectivity index (χ2n) is 7.73. The summed E-state index contributed by atoms with van der Waals surface area (Å²) >= 11 is 0. The van der Waals surface area contributed by atoms with E-state index in [1.54, 1.807) is 0 Å². The van der Waals surface area contributed by atoms with Crippen LogP contribution in [0, 0.1) is 11.3 Å². The van der Waals surface area contributed by atoms with Gasteiger partial charge in [-0.3, -0.25) is 0 Å². The van der Waals surface area contributed by atoms with Crippen molar-refractivity contribution in [2.24, 2.45) is 11.3 Å². The lowest BCUT2D eigenvalue weighted by molar-refractivity contribution is 0.0363. The molecule has 3 nitrogen and oxygen atoms in total. The van der Waals surface area contributed by atoms with E-state index in [0.717, 1.165) is 38.4 Å². The van der Waals surface area contributed by atoms with Gasteiger partial charge in [-0.25, -0.2) is 0 Å². The van der Waals surface area contributed by atoms with Crippen molar-refractivity contribution in [1.29, 1.82) is 0 Å². The predicted octanol–water partition coefficient (Wildman–Crippen LogP) is 2.64. The zero-order valence-electron chi connectivity index (χ0n) is 13.7. The number of rotatable bonds is 5. The summed E-state index contributed by atoms with van der Waals surface area (Å²) in [4.78, 5) is 2.60. The Morgan fingerprint density at radius 1 is 1.15 bits per heavy atom. The lowest BCUT2D eigenvalue weighted by Crippen LogP contribution is -2.49. The van der Waals surface area contributed by atoms with Crippen molar-refractivity contribution in [3.05, 3.63) is 0 Å². The summed E-state index contributed by atoms with van der Waals surface area (Å²) in [6.07, 6.45) is 7.38. The van der Waals surface area contributed by atoms with Gasteiger partial charge in [0.05, 0.1) is 6.10 Å². The molecule has 0 aromatic heterocycles. The molecule has 0 aromatic rings. The maximum absolute atomic E-state index is 9.67. The molecule has 2 fully saturated rings. The van der Waals surface area contributed by atoms with Crippen molar-refractivity contribution in [3.8, 4) is 0 Å². The van der Waals surface area contributed by atoms with Crippen LogP contribution in [0.1, 0.15) is 59.3 Å². The van der Waals surface area contributed by atoms with E-state index in [9.17, 15) is 5.11 Å². The predicted molar refractivity (Wildman–Crippen MR) is 84.9 cm³/mol. The maximum Gasteiger partial charge on any atom is 0.0564 e. The molecule has 0 bridgehead atoms. The van der Waals surface area contributed by atoms with E-state index in [1.165, 1.54) is 32.2 Å². The Labute approximate surface area is 125 Å². The Morgan fingerprint density at radius 2 is 1.75 bits per heavy atom. The van der Waals surface area contributed by atoms with Gasteiger partial charge in [-0.15, -0.1) is 0 Å². The summed E-state index contributed by atoms with van der Waals surface area (Å²) in [5, 5.41) is 13.4. The smallest absolute Gasteiger partial charge is 0.0564 e. The Balaban J connectivity index is 1.91. The molecule has 20 heavy (non-hydrogen) atoms. The first-order valence-electron chi connectivity index (χ1n) is 8.63. The van der Waals surface area contributed by atoms with Gasteiger partial charge < -0.3 is 15.3 Å². The van der Waals surface area contributed by atoms with Crippen LogP contribution in [0.25, 0.3) is 0 Å². The van der Waals surface area contributed by atoms with Gasteiger partial charge in [0.15, 0.2) is 0 Å². The molecule has 0 aromatic carbocycles. The molecular formula is C17H34N2O. The molecule has 0 spiro atoms. The van der Waals surface area contributed by atoms with Gasteiger partial charge in [-0.2, -0.15) is 0 Å². The average Bonchev–Trinajstić information content (AvgIpc) is 2.43. The number of aliphatic hydroxyl groups excluding tert-OH is 1. The zero-order valence-corrected chi connectivity index (χ0v) is 13.7. The average molecular weight is 282 g/mol. The van der Waals surface area contributed by atoms with Gasteiger partial charge in [0.1, 0.15) is 0 Å². The Kier molecular flexibility index (Phi) is 5.88. The van der Waals surface area contributed by atoms with Crippen molar-refractivity contribution in [2.75, 3.05) is 26.2 Å². The van der Waals surface area contributed by atoms with Crippen molar-refractivity contribution >= 4 is 0 Å². The highest BCUT2D eigenvalue weighted by Crippen LogP contribution is 2.39. The van der Waals surface area contributed by atoms with Gasteiger partial charge in [0.2, 0.25) is 0 Å². The van der Waals surface area contributed by atoms with E-state index in [2.05, 4.69) is 31.0 Å². The summed E-state index contributed by atoms with van der Waals surface area (Å²) in [7, 11) is 0. The molecule has 0 unspecified atom stereocenters. The third-order valence-corrected chi connectivity index (χ3v) is 5.34. The summed E-state index contributed by atoms with van der Waals surface area (Å²) in [5.41, 5.74) is 0.471. The van der Waals surface area contributed by atoms with Crippen LogP contribution in [0.15, 0.2) is 0 Å². The topological polar surface area (TPSA) is 35.5 Å². The molecule has 0 radical (unpaired) electrons. The first-order chi connectivity index (χ1) is 9.49. The highest BCUT2D eigenvalue weighted by molar-refractivity contribution is 4.90. The fraction of sp³-hybridized carbons (Fsp3) is 1.00. The summed E-state index contributed by atoms with van der Waals surface area (Å²) < 4.78 is 0. The third kappa shape index (κ3) is 4.71. The Bertz CT molecular complexity index is 277. The number of hydrogen-bond acceptors (Lipinski definition) is 3. The van der Waals surface area contributed by atoms with Gasteiger partial charge >= 0.3 is 0 Å². The summed E-state index contributed by atoms with van der Waals surface area (Å²) in [6, 6.07) is 0.578. The molecule has 2 N–H and O–H groups in total. The van der Waals surface area contributed by atoms with Crippen molar-refractivity contribution in [1.82, 2.24) is 10.2 Å². The molecule has 2 rings (SSSR count). The quantitative estimate of drug-likeness (QED) is 0.814. The van der Waals surface area contributed by atoms with Crippen LogP contribution in [0.2, 0.25) is 0 Å².